The summed E-state index contributed by atoms with van der Waals surface area (Å²) >= 11 is 24.1. The molecule has 1 atom stereocenters. The average molecular weight is 1400 g/mol. The lowest BCUT2D eigenvalue weighted by molar-refractivity contribution is -0.185. The molecule has 16 nitrogen and oxygen atoms in total. The molecule has 4 aliphatic rings. The lowest BCUT2D eigenvalue weighted by Gasteiger charge is -2.26. The predicted molar refractivity (Wildman–Crippen MR) is 323 cm³/mol. The maximum atomic E-state index is 12.6. The molecule has 4 aliphatic heterocycles. The maximum Gasteiger partial charge on any atom is 0.534 e. The van der Waals surface area contributed by atoms with Crippen LogP contribution in [-0.2, 0) is 80.5 Å². The van der Waals surface area contributed by atoms with E-state index < -0.39 is 74.4 Å². The van der Waals surface area contributed by atoms with Crippen LogP contribution < -0.4 is 4.18 Å². The molecule has 1 unspecified atom stereocenters. The van der Waals surface area contributed by atoms with Gasteiger partial charge in [-0.25, -0.2) is 9.59 Å². The van der Waals surface area contributed by atoms with Crippen LogP contribution in [-0.4, -0.2) is 150 Å². The fourth-order valence-electron chi connectivity index (χ4n) is 10.4. The summed E-state index contributed by atoms with van der Waals surface area (Å²) in [7, 11) is -6.02. The lowest BCUT2D eigenvalue weighted by atomic mass is 9.94. The Balaban J connectivity index is 0.000000221. The maximum absolute atomic E-state index is 12.6. The number of aliphatic hydroxyl groups excluding tert-OH is 1. The van der Waals surface area contributed by atoms with E-state index in [9.17, 15) is 81.8 Å². The smallest absolute Gasteiger partial charge is 0.444 e. The first-order chi connectivity index (χ1) is 41.8. The number of nitrogens with zero attached hydrogens (tertiary/aromatic N) is 4. The van der Waals surface area contributed by atoms with Gasteiger partial charge in [-0.3, -0.25) is 19.2 Å². The summed E-state index contributed by atoms with van der Waals surface area (Å²) in [4.78, 5) is 75.3. The molecule has 0 spiro atoms. The van der Waals surface area contributed by atoms with Crippen molar-refractivity contribution in [2.75, 3.05) is 52.4 Å². The minimum absolute atomic E-state index is 0.0235. The third kappa shape index (κ3) is 20.5. The highest BCUT2D eigenvalue weighted by Crippen LogP contribution is 2.39. The van der Waals surface area contributed by atoms with E-state index in [1.54, 1.807) is 34.9 Å². The number of benzene rings is 4. The number of halogens is 13. The first-order valence-electron chi connectivity index (χ1n) is 28.4. The van der Waals surface area contributed by atoms with E-state index in [-0.39, 0.29) is 85.2 Å². The molecule has 8 rings (SSSR count). The molecule has 4 amide bonds. The van der Waals surface area contributed by atoms with E-state index in [0.717, 1.165) is 50.8 Å². The van der Waals surface area contributed by atoms with Gasteiger partial charge in [-0.05, 0) is 177 Å². The number of Topliss-reactive ketones (excluding diaryl/α,β-unsaturated/α-hetero) is 2. The highest BCUT2D eigenvalue weighted by Gasteiger charge is 2.50. The molecule has 502 valence electrons. The topological polar surface area (TPSA) is 197 Å². The van der Waals surface area contributed by atoms with Crippen LogP contribution >= 0.6 is 46.4 Å². The SMILES string of the molecule is CC(=O)c1c(Cl)ccc2c1CCN(C(=O)C(F)(F)F)CC2.CC(=O)c1c(Cl)ccc2c1CCN(C(=O)OC(C)(C)C)CC2.CC(O)c1c(Cl)ccc2c1CCN(C(=O)OC(C)(C)C)CC2.O=C(N1CCc2ccc(Cl)c(OS(=O)(=O)C(F)(F)F)c2CC1)C(F)(F)F. The number of hydrogen-bond acceptors (Lipinski definition) is 12. The molecule has 0 aliphatic carbocycles. The summed E-state index contributed by atoms with van der Waals surface area (Å²) < 4.78 is 150. The second-order valence-corrected chi connectivity index (χ2v) is 26.7. The molecule has 0 fully saturated rings. The van der Waals surface area contributed by atoms with Crippen molar-refractivity contribution in [1.82, 2.24) is 19.6 Å². The van der Waals surface area contributed by atoms with E-state index in [4.69, 9.17) is 55.9 Å². The summed E-state index contributed by atoms with van der Waals surface area (Å²) in [5.41, 5.74) is 0.811. The zero-order valence-electron chi connectivity index (χ0n) is 51.1. The Morgan fingerprint density at radius 2 is 0.758 bits per heavy atom. The van der Waals surface area contributed by atoms with E-state index in [0.29, 0.717) is 77.1 Å². The fourth-order valence-corrected chi connectivity index (χ4v) is 12.1. The molecule has 1 N–H and O–H groups in total. The van der Waals surface area contributed by atoms with Gasteiger partial charge in [-0.15, -0.1) is 0 Å². The molecule has 0 saturated carbocycles. The van der Waals surface area contributed by atoms with Crippen molar-refractivity contribution in [3.8, 4) is 5.75 Å². The molecular weight excluding hydrogens is 1330 g/mol. The summed E-state index contributed by atoms with van der Waals surface area (Å²) in [6.07, 6.45) is -8.50. The number of ether oxygens (including phenoxy) is 2. The van der Waals surface area contributed by atoms with Crippen LogP contribution in [0, 0.1) is 0 Å². The average Bonchev–Trinajstić information content (AvgIpc) is 1.84. The van der Waals surface area contributed by atoms with Gasteiger partial charge in [-0.2, -0.15) is 47.9 Å². The van der Waals surface area contributed by atoms with Crippen molar-refractivity contribution in [2.45, 2.75) is 149 Å². The normalized spacial score (nSPS) is 15.8. The number of alkyl halides is 9. The molecule has 4 heterocycles. The van der Waals surface area contributed by atoms with Gasteiger partial charge in [0.05, 0.1) is 21.2 Å². The summed E-state index contributed by atoms with van der Waals surface area (Å²) in [6, 6.07) is 13.2. The van der Waals surface area contributed by atoms with Gasteiger partial charge in [0.1, 0.15) is 11.2 Å². The number of hydrogen-bond donors (Lipinski definition) is 1. The predicted octanol–water partition coefficient (Wildman–Crippen LogP) is 13.7. The van der Waals surface area contributed by atoms with Crippen LogP contribution in [0.25, 0.3) is 0 Å². The van der Waals surface area contributed by atoms with Gasteiger partial charge in [0.15, 0.2) is 17.3 Å². The summed E-state index contributed by atoms with van der Waals surface area (Å²) in [6.45, 7) is 17.1. The van der Waals surface area contributed by atoms with Crippen LogP contribution in [0.2, 0.25) is 20.1 Å². The quantitative estimate of drug-likeness (QED) is 0.0860. The van der Waals surface area contributed by atoms with Crippen LogP contribution in [0.3, 0.4) is 0 Å². The molecule has 0 aromatic heterocycles. The zero-order chi connectivity index (χ0) is 68.7. The van der Waals surface area contributed by atoms with Crippen LogP contribution in [0.1, 0.15) is 139 Å². The van der Waals surface area contributed by atoms with Crippen molar-refractivity contribution in [2.24, 2.45) is 0 Å². The first-order valence-corrected chi connectivity index (χ1v) is 31.3. The van der Waals surface area contributed by atoms with E-state index in [1.807, 2.05) is 59.7 Å². The van der Waals surface area contributed by atoms with Crippen LogP contribution in [0.5, 0.6) is 5.75 Å². The number of carbonyl (C=O) groups is 6. The van der Waals surface area contributed by atoms with Gasteiger partial charge >= 0.3 is 52.0 Å². The largest absolute Gasteiger partial charge is 0.534 e. The van der Waals surface area contributed by atoms with E-state index >= 15 is 0 Å². The Hall–Kier alpha value is -6.06. The van der Waals surface area contributed by atoms with E-state index in [2.05, 4.69) is 4.18 Å². The highest BCUT2D eigenvalue weighted by atomic mass is 35.5. The third-order valence-electron chi connectivity index (χ3n) is 14.5. The highest BCUT2D eigenvalue weighted by molar-refractivity contribution is 7.88. The zero-order valence-corrected chi connectivity index (χ0v) is 54.9. The minimum Gasteiger partial charge on any atom is -0.444 e. The second kappa shape index (κ2) is 30.3. The van der Waals surface area contributed by atoms with Gasteiger partial charge in [0, 0.05) is 79.6 Å². The van der Waals surface area contributed by atoms with Gasteiger partial charge < -0.3 is 38.4 Å². The van der Waals surface area contributed by atoms with Crippen molar-refractivity contribution < 1.29 is 95.5 Å². The Kier molecular flexibility index (Phi) is 25.2. The molecular formula is C61H69Cl4F9N4O12S. The van der Waals surface area contributed by atoms with Crippen molar-refractivity contribution in [3.63, 3.8) is 0 Å². The Morgan fingerprint density at radius 1 is 0.462 bits per heavy atom. The van der Waals surface area contributed by atoms with Gasteiger partial charge in [0.2, 0.25) is 0 Å². The van der Waals surface area contributed by atoms with Crippen LogP contribution in [0.4, 0.5) is 49.1 Å². The Morgan fingerprint density at radius 3 is 1.10 bits per heavy atom. The van der Waals surface area contributed by atoms with Crippen LogP contribution in [0.15, 0.2) is 48.5 Å². The minimum atomic E-state index is -6.02. The lowest BCUT2D eigenvalue weighted by Crippen LogP contribution is -2.42. The Bertz CT molecular complexity index is 3500. The summed E-state index contributed by atoms with van der Waals surface area (Å²) in [5.74, 6) is -5.00. The molecule has 4 aromatic carbocycles. The Labute approximate surface area is 541 Å². The molecule has 0 saturated heterocycles. The third-order valence-corrected chi connectivity index (χ3v) is 16.7. The molecule has 0 radical (unpaired) electrons. The standard InChI is InChI=1S/C17H24ClNO3.C17H22ClNO3.C14H13ClF3NO2.C13H10ClF6NO4S/c2*1-11(20)15-13-8-10-19(16(21)22-17(2,3)4)9-7-12(13)5-6-14(15)18;1-8(20)12-10-5-7-19(13(21)14(16,17)18)6-4-9(10)2-3-11(12)15;14-9-2-1-7-3-5-21(11(22)12(15,16)17)6-4-8(7)10(9)25-26(23,24)13(18,19)20/h5-6,11,20H,7-10H2,1-4H3;5-6H,7-10H2,1-4H3;2-3H,4-7H2,1H3;1-2H,3-6H2. The van der Waals surface area contributed by atoms with Gasteiger partial charge in [-0.1, -0.05) is 70.7 Å². The number of amides is 4. The van der Waals surface area contributed by atoms with Crippen molar-refractivity contribution >= 4 is 92.1 Å². The number of ketones is 2. The van der Waals surface area contributed by atoms with E-state index in [1.165, 1.54) is 19.9 Å². The second-order valence-electron chi connectivity index (χ2n) is 23.5. The summed E-state index contributed by atoms with van der Waals surface area (Å²) in [5, 5.41) is 10.9. The molecule has 91 heavy (non-hydrogen) atoms. The first kappa shape index (κ1) is 75.7. The number of rotatable bonds is 5. The monoisotopic (exact) mass is 1390 g/mol. The number of carbonyl (C=O) groups excluding carboxylic acids is 6. The molecule has 30 heteroatoms. The van der Waals surface area contributed by atoms with Gasteiger partial charge in [0.25, 0.3) is 0 Å². The number of fused-ring (bicyclic) bond motifs is 4. The van der Waals surface area contributed by atoms with Crippen molar-refractivity contribution in [3.05, 3.63) is 130 Å². The molecule has 0 bridgehead atoms. The number of aliphatic hydroxyl groups is 1. The molecule has 4 aromatic rings. The fraction of sp³-hybridized carbons (Fsp3) is 0.508. The van der Waals surface area contributed by atoms with Crippen molar-refractivity contribution in [1.29, 1.82) is 0 Å².